The predicted octanol–water partition coefficient (Wildman–Crippen LogP) is 7.60. The lowest BCUT2D eigenvalue weighted by molar-refractivity contribution is -0.889. The Morgan fingerprint density at radius 3 is 1.45 bits per heavy atom. The molecule has 0 fully saturated rings. The van der Waals surface area contributed by atoms with Crippen LogP contribution in [0, 0.1) is 0 Å². The first-order valence-electron chi connectivity index (χ1n) is 11.3. The average Bonchev–Trinajstić information content (AvgIpc) is 2.59. The number of Topliss-reactive ketones (excluding diaryl/α,β-unsaturated/α-hetero) is 1. The van der Waals surface area contributed by atoms with Crippen LogP contribution < -0.4 is 0 Å². The summed E-state index contributed by atoms with van der Waals surface area (Å²) in [5.41, 5.74) is 0.695. The number of unbranched alkanes of at least 4 members (excludes halogenated alkanes) is 11. The number of rotatable bonds is 17. The molecule has 0 aromatic heterocycles. The van der Waals surface area contributed by atoms with Gasteiger partial charge in [-0.05, 0) is 25.3 Å². The van der Waals surface area contributed by atoms with E-state index >= 15 is 0 Å². The Labute approximate surface area is 176 Å². The van der Waals surface area contributed by atoms with Gasteiger partial charge in [-0.15, -0.1) is 0 Å². The predicted molar refractivity (Wildman–Crippen MR) is 118 cm³/mol. The molecule has 0 spiro atoms. The van der Waals surface area contributed by atoms with Crippen LogP contribution in [0.5, 0.6) is 0 Å². The lowest BCUT2D eigenvalue weighted by Crippen LogP contribution is -2.42. The minimum absolute atomic E-state index is 0.218. The van der Waals surface area contributed by atoms with Gasteiger partial charge in [0.2, 0.25) is 0 Å². The molecule has 0 atom stereocenters. The van der Waals surface area contributed by atoms with Gasteiger partial charge in [-0.1, -0.05) is 77.7 Å². The van der Waals surface area contributed by atoms with E-state index in [0.29, 0.717) is 12.0 Å². The number of hydrogen-bond acceptors (Lipinski definition) is 1. The summed E-state index contributed by atoms with van der Waals surface area (Å²) in [5.74, 6) is 0.218. The van der Waals surface area contributed by atoms with Crippen molar-refractivity contribution in [3.63, 3.8) is 0 Å². The molecule has 0 aromatic rings. The van der Waals surface area contributed by atoms with Crippen LogP contribution in [0.4, 0.5) is 17.3 Å². The number of halogens is 4. The molecule has 7 heteroatoms. The zero-order valence-electron chi connectivity index (χ0n) is 19.3. The third-order valence-electron chi connectivity index (χ3n) is 5.04. The quantitative estimate of drug-likeness (QED) is 0.0771. The fourth-order valence-corrected chi connectivity index (χ4v) is 3.11. The third-order valence-corrected chi connectivity index (χ3v) is 5.04. The van der Waals surface area contributed by atoms with Crippen molar-refractivity contribution in [3.8, 4) is 0 Å². The van der Waals surface area contributed by atoms with Crippen LogP contribution in [0.15, 0.2) is 12.2 Å². The van der Waals surface area contributed by atoms with E-state index in [4.69, 9.17) is 0 Å². The summed E-state index contributed by atoms with van der Waals surface area (Å²) in [6, 6.07) is 0. The third kappa shape index (κ3) is 29.4. The van der Waals surface area contributed by atoms with Gasteiger partial charge in [-0.25, -0.2) is 0 Å². The van der Waals surface area contributed by atoms with Crippen molar-refractivity contribution in [1.29, 1.82) is 0 Å². The molecule has 0 rings (SSSR count). The van der Waals surface area contributed by atoms with Gasteiger partial charge in [0.25, 0.3) is 0 Å². The maximum Gasteiger partial charge on any atom is 0.673 e. The first-order chi connectivity index (χ1) is 13.4. The first kappa shape index (κ1) is 30.3. The Kier molecular flexibility index (Phi) is 18.8. The highest BCUT2D eigenvalue weighted by atomic mass is 19.5. The molecule has 0 aliphatic carbocycles. The summed E-state index contributed by atoms with van der Waals surface area (Å²) in [6.45, 7) is 9.94. The summed E-state index contributed by atoms with van der Waals surface area (Å²) >= 11 is 0. The molecule has 2 nitrogen and oxygen atoms in total. The van der Waals surface area contributed by atoms with Crippen LogP contribution in [0.2, 0.25) is 0 Å². The standard InChI is InChI=1S/C22H44NO.BF4/c1-6-7-8-9-10-11-12-13-14-15-16-17-19-23(4,5)20-18-22(24)21(2)3;2-1(3,4)5/h2,6-20H2,1,3-5H3;/q+1;-1. The molecule has 0 saturated heterocycles. The molecular weight excluding hydrogens is 381 g/mol. The molecule has 0 N–H and O–H groups in total. The van der Waals surface area contributed by atoms with Crippen molar-refractivity contribution in [2.24, 2.45) is 0 Å². The summed E-state index contributed by atoms with van der Waals surface area (Å²) < 4.78 is 40.0. The van der Waals surface area contributed by atoms with Crippen LogP contribution in [0.1, 0.15) is 97.3 Å². The Hall–Kier alpha value is -0.845. The van der Waals surface area contributed by atoms with Gasteiger partial charge in [-0.3, -0.25) is 4.79 Å². The molecule has 0 aromatic carbocycles. The molecule has 29 heavy (non-hydrogen) atoms. The molecule has 0 heterocycles. The number of allylic oxidation sites excluding steroid dienone is 1. The van der Waals surface area contributed by atoms with Gasteiger partial charge in [-0.2, -0.15) is 0 Å². The normalized spacial score (nSPS) is 11.7. The smallest absolute Gasteiger partial charge is 0.418 e. The Morgan fingerprint density at radius 1 is 0.759 bits per heavy atom. The maximum absolute atomic E-state index is 11.7. The van der Waals surface area contributed by atoms with Gasteiger partial charge >= 0.3 is 7.25 Å². The van der Waals surface area contributed by atoms with Crippen LogP contribution in [-0.4, -0.2) is 44.7 Å². The average molecular weight is 425 g/mol. The SMILES string of the molecule is C=C(C)C(=O)CC[N+](C)(C)CCCCCCCCCCCCCC.F[B-](F)(F)F. The highest BCUT2D eigenvalue weighted by Crippen LogP contribution is 2.13. The van der Waals surface area contributed by atoms with E-state index in [1.165, 1.54) is 83.6 Å². The molecular formula is C22H44BF4NO. The van der Waals surface area contributed by atoms with E-state index in [1.807, 2.05) is 6.92 Å². The fourth-order valence-electron chi connectivity index (χ4n) is 3.11. The van der Waals surface area contributed by atoms with Crippen molar-refractivity contribution < 1.29 is 26.5 Å². The summed E-state index contributed by atoms with van der Waals surface area (Å²) in [7, 11) is -1.52. The van der Waals surface area contributed by atoms with Crippen molar-refractivity contribution in [1.82, 2.24) is 0 Å². The lowest BCUT2D eigenvalue weighted by atomic mass is 10.1. The Balaban J connectivity index is 0. The van der Waals surface area contributed by atoms with Gasteiger partial charge in [0, 0.05) is 0 Å². The monoisotopic (exact) mass is 425 g/mol. The van der Waals surface area contributed by atoms with Gasteiger partial charge in [0.1, 0.15) is 0 Å². The van der Waals surface area contributed by atoms with Crippen LogP contribution in [0.25, 0.3) is 0 Å². The molecule has 0 unspecified atom stereocenters. The maximum atomic E-state index is 11.7. The number of carbonyl (C=O) groups excluding carboxylic acids is 1. The van der Waals surface area contributed by atoms with Crippen molar-refractivity contribution in [2.45, 2.75) is 97.3 Å². The van der Waals surface area contributed by atoms with E-state index in [9.17, 15) is 22.1 Å². The van der Waals surface area contributed by atoms with E-state index in [-0.39, 0.29) is 5.78 Å². The number of quaternary nitrogens is 1. The van der Waals surface area contributed by atoms with Crippen molar-refractivity contribution in [2.75, 3.05) is 27.2 Å². The highest BCUT2D eigenvalue weighted by Gasteiger charge is 2.20. The van der Waals surface area contributed by atoms with Gasteiger partial charge < -0.3 is 21.7 Å². The number of carbonyl (C=O) groups is 1. The second-order valence-electron chi connectivity index (χ2n) is 8.72. The van der Waals surface area contributed by atoms with Crippen molar-refractivity contribution >= 4 is 13.0 Å². The van der Waals surface area contributed by atoms with Crippen LogP contribution in [-0.2, 0) is 4.79 Å². The minimum atomic E-state index is -6.00. The Bertz CT molecular complexity index is 420. The van der Waals surface area contributed by atoms with E-state index in [2.05, 4.69) is 27.6 Å². The summed E-state index contributed by atoms with van der Waals surface area (Å²) in [4.78, 5) is 11.7. The molecule has 0 radical (unpaired) electrons. The number of ketones is 1. The molecule has 0 aliphatic heterocycles. The van der Waals surface area contributed by atoms with Crippen LogP contribution >= 0.6 is 0 Å². The van der Waals surface area contributed by atoms with E-state index in [1.54, 1.807) is 0 Å². The molecule has 0 amide bonds. The first-order valence-corrected chi connectivity index (χ1v) is 11.3. The van der Waals surface area contributed by atoms with E-state index in [0.717, 1.165) is 11.0 Å². The summed E-state index contributed by atoms with van der Waals surface area (Å²) in [6.07, 6.45) is 17.4. The second-order valence-corrected chi connectivity index (χ2v) is 8.72. The van der Waals surface area contributed by atoms with E-state index < -0.39 is 7.25 Å². The van der Waals surface area contributed by atoms with Crippen molar-refractivity contribution in [3.05, 3.63) is 12.2 Å². The van der Waals surface area contributed by atoms with Gasteiger partial charge in [0.15, 0.2) is 5.78 Å². The zero-order valence-corrected chi connectivity index (χ0v) is 19.3. The minimum Gasteiger partial charge on any atom is -0.418 e. The Morgan fingerprint density at radius 2 is 1.10 bits per heavy atom. The highest BCUT2D eigenvalue weighted by molar-refractivity contribution is 6.50. The second kappa shape index (κ2) is 18.0. The zero-order chi connectivity index (χ0) is 22.8. The fraction of sp³-hybridized carbons (Fsp3) is 0.864. The largest absolute Gasteiger partial charge is 0.673 e. The summed E-state index contributed by atoms with van der Waals surface area (Å²) in [5, 5.41) is 0. The molecule has 0 aliphatic rings. The molecule has 0 bridgehead atoms. The topological polar surface area (TPSA) is 17.1 Å². The van der Waals surface area contributed by atoms with Gasteiger partial charge in [0.05, 0.1) is 33.6 Å². The molecule has 0 saturated carbocycles. The molecule has 174 valence electrons. The van der Waals surface area contributed by atoms with Crippen LogP contribution in [0.3, 0.4) is 0 Å². The lowest BCUT2D eigenvalue weighted by Gasteiger charge is -2.29. The number of nitrogens with zero attached hydrogens (tertiary/aromatic N) is 1. The number of hydrogen-bond donors (Lipinski definition) is 0.